The molecule has 8 heteroatoms. The highest BCUT2D eigenvalue weighted by molar-refractivity contribution is 7.94. The van der Waals surface area contributed by atoms with Crippen LogP contribution in [0.25, 0.3) is 0 Å². The molecule has 2 amide bonds. The molecule has 0 saturated carbocycles. The molecule has 1 spiro atoms. The summed E-state index contributed by atoms with van der Waals surface area (Å²) in [5.41, 5.74) is 2.49. The van der Waals surface area contributed by atoms with Gasteiger partial charge >= 0.3 is 0 Å². The molecule has 0 aromatic heterocycles. The molecule has 3 aromatic carbocycles. The Bertz CT molecular complexity index is 1420. The van der Waals surface area contributed by atoms with Gasteiger partial charge in [-0.25, -0.2) is 12.8 Å². The van der Waals surface area contributed by atoms with Crippen LogP contribution in [-0.4, -0.2) is 26.0 Å². The van der Waals surface area contributed by atoms with Gasteiger partial charge in [0.2, 0.25) is 5.91 Å². The predicted molar refractivity (Wildman–Crippen MR) is 128 cm³/mol. The quantitative estimate of drug-likeness (QED) is 0.566. The minimum atomic E-state index is -4.24. The smallest absolute Gasteiger partial charge is 0.274 e. The van der Waals surface area contributed by atoms with E-state index in [2.05, 4.69) is 0 Å². The largest absolute Gasteiger partial charge is 0.304 e. The highest BCUT2D eigenvalue weighted by Crippen LogP contribution is 2.52. The number of halogens is 1. The van der Waals surface area contributed by atoms with Crippen LogP contribution in [0.4, 0.5) is 15.8 Å². The molecule has 1 atom stereocenters. The third kappa shape index (κ3) is 3.09. The first-order valence-corrected chi connectivity index (χ1v) is 12.6. The number of carbonyl (C=O) groups is 2. The number of nitrogens with zero attached hydrogens (tertiary/aromatic N) is 2. The Kier molecular flexibility index (Phi) is 5.09. The second-order valence-electron chi connectivity index (χ2n) is 8.92. The average Bonchev–Trinajstić information content (AvgIpc) is 3.16. The van der Waals surface area contributed by atoms with Gasteiger partial charge in [0.25, 0.3) is 10.8 Å². The molecule has 2 heterocycles. The van der Waals surface area contributed by atoms with Crippen molar-refractivity contribution in [3.05, 3.63) is 95.3 Å². The summed E-state index contributed by atoms with van der Waals surface area (Å²) >= 11 is 0. The molecule has 0 radical (unpaired) electrons. The van der Waals surface area contributed by atoms with E-state index in [4.69, 9.17) is 0 Å². The number of fused-ring (bicyclic) bond motifs is 2. The fourth-order valence-electron chi connectivity index (χ4n) is 4.87. The highest BCUT2D eigenvalue weighted by Gasteiger charge is 2.69. The number of anilines is 2. The third-order valence-electron chi connectivity index (χ3n) is 6.47. The number of benzene rings is 3. The minimum absolute atomic E-state index is 0.0286. The topological polar surface area (TPSA) is 74.8 Å². The van der Waals surface area contributed by atoms with Gasteiger partial charge in [-0.3, -0.25) is 14.5 Å². The fourth-order valence-corrected chi connectivity index (χ4v) is 6.91. The summed E-state index contributed by atoms with van der Waals surface area (Å²) in [6.45, 7) is 4.03. The van der Waals surface area contributed by atoms with E-state index < -0.39 is 38.1 Å². The summed E-state index contributed by atoms with van der Waals surface area (Å²) in [6, 6.07) is 19.4. The zero-order valence-corrected chi connectivity index (χ0v) is 19.5. The van der Waals surface area contributed by atoms with Crippen molar-refractivity contribution in [2.45, 2.75) is 31.2 Å². The third-order valence-corrected chi connectivity index (χ3v) is 8.57. The van der Waals surface area contributed by atoms with Crippen LogP contribution in [0, 0.1) is 5.82 Å². The average molecular weight is 479 g/mol. The van der Waals surface area contributed by atoms with E-state index in [1.54, 1.807) is 42.5 Å². The Hall–Kier alpha value is -3.52. The van der Waals surface area contributed by atoms with E-state index in [-0.39, 0.29) is 18.0 Å². The molecule has 34 heavy (non-hydrogen) atoms. The van der Waals surface area contributed by atoms with Crippen molar-refractivity contribution in [1.82, 2.24) is 0 Å². The first-order valence-electron chi connectivity index (χ1n) is 11.0. The Labute approximate surface area is 197 Å². The maximum atomic E-state index is 14.1. The lowest BCUT2D eigenvalue weighted by molar-refractivity contribution is -0.123. The normalized spacial score (nSPS) is 21.1. The number of rotatable bonds is 4. The molecule has 1 fully saturated rings. The number of amides is 2. The van der Waals surface area contributed by atoms with Crippen molar-refractivity contribution in [2.24, 2.45) is 0 Å². The molecule has 174 valence electrons. The number of sulfone groups is 1. The summed E-state index contributed by atoms with van der Waals surface area (Å²) in [5.74, 6) is -2.38. The van der Waals surface area contributed by atoms with Crippen LogP contribution in [0.15, 0.2) is 72.8 Å². The molecular weight excluding hydrogens is 455 g/mol. The number of para-hydroxylation sites is 1. The summed E-state index contributed by atoms with van der Waals surface area (Å²) in [6.07, 6.45) is 0. The van der Waals surface area contributed by atoms with Crippen LogP contribution in [0.5, 0.6) is 0 Å². The Morgan fingerprint density at radius 1 is 0.971 bits per heavy atom. The highest BCUT2D eigenvalue weighted by atomic mass is 32.2. The lowest BCUT2D eigenvalue weighted by atomic mass is 10.0. The Morgan fingerprint density at radius 3 is 2.35 bits per heavy atom. The molecule has 5 rings (SSSR count). The van der Waals surface area contributed by atoms with Gasteiger partial charge in [0.05, 0.1) is 12.2 Å². The van der Waals surface area contributed by atoms with E-state index in [1.165, 1.54) is 23.1 Å². The Balaban J connectivity index is 1.70. The van der Waals surface area contributed by atoms with Crippen LogP contribution in [0.3, 0.4) is 0 Å². The van der Waals surface area contributed by atoms with E-state index in [9.17, 15) is 22.4 Å². The van der Waals surface area contributed by atoms with Gasteiger partial charge in [0.1, 0.15) is 11.6 Å². The van der Waals surface area contributed by atoms with Gasteiger partial charge in [0.15, 0.2) is 9.84 Å². The standard InChI is InChI=1S/C26H23FN2O4S/c1-17(2)19-10-12-21(13-11-19)29-24(30)16-34(32,33)26(29)22-8-3-4-9-23(22)28(25(26)31)15-18-6-5-7-20(27)14-18/h3-14,17H,15-16H2,1-2H3/t26-/m1/s1. The summed E-state index contributed by atoms with van der Waals surface area (Å²) < 4.78 is 41.0. The summed E-state index contributed by atoms with van der Waals surface area (Å²) in [5, 5.41) is 0. The fraction of sp³-hybridized carbons (Fsp3) is 0.231. The van der Waals surface area contributed by atoms with Gasteiger partial charge in [0, 0.05) is 11.3 Å². The van der Waals surface area contributed by atoms with E-state index in [1.807, 2.05) is 26.0 Å². The Morgan fingerprint density at radius 2 is 1.68 bits per heavy atom. The van der Waals surface area contributed by atoms with Crippen LogP contribution >= 0.6 is 0 Å². The van der Waals surface area contributed by atoms with Gasteiger partial charge in [-0.05, 0) is 47.4 Å². The minimum Gasteiger partial charge on any atom is -0.304 e. The van der Waals surface area contributed by atoms with Gasteiger partial charge < -0.3 is 4.90 Å². The van der Waals surface area contributed by atoms with Crippen LogP contribution in [0.2, 0.25) is 0 Å². The van der Waals surface area contributed by atoms with Crippen molar-refractivity contribution >= 4 is 33.0 Å². The molecule has 2 aliphatic rings. The second kappa shape index (κ2) is 7.77. The van der Waals surface area contributed by atoms with Crippen LogP contribution in [-0.2, 0) is 30.8 Å². The second-order valence-corrected chi connectivity index (χ2v) is 11.0. The monoisotopic (exact) mass is 478 g/mol. The number of hydrogen-bond donors (Lipinski definition) is 0. The van der Waals surface area contributed by atoms with Crippen LogP contribution < -0.4 is 9.80 Å². The van der Waals surface area contributed by atoms with Crippen LogP contribution in [0.1, 0.15) is 36.5 Å². The molecule has 0 aliphatic carbocycles. The van der Waals surface area contributed by atoms with Crippen molar-refractivity contribution < 1.29 is 22.4 Å². The molecule has 0 bridgehead atoms. The zero-order valence-electron chi connectivity index (χ0n) is 18.7. The lowest BCUT2D eigenvalue weighted by Gasteiger charge is -2.32. The SMILES string of the molecule is CC(C)c1ccc(N2C(=O)CS(=O)(=O)[C@]23C(=O)N(Cc2cccc(F)c2)c2ccccc23)cc1. The first-order chi connectivity index (χ1) is 16.2. The van der Waals surface area contributed by atoms with Gasteiger partial charge in [-0.2, -0.15) is 0 Å². The maximum Gasteiger partial charge on any atom is 0.274 e. The van der Waals surface area contributed by atoms with Gasteiger partial charge in [-0.15, -0.1) is 0 Å². The number of carbonyl (C=O) groups excluding carboxylic acids is 2. The first kappa shape index (κ1) is 22.3. The molecule has 2 aliphatic heterocycles. The zero-order chi connectivity index (χ0) is 24.3. The predicted octanol–water partition coefficient (Wildman–Crippen LogP) is 4.11. The molecular formula is C26H23FN2O4S. The van der Waals surface area contributed by atoms with E-state index >= 15 is 0 Å². The summed E-state index contributed by atoms with van der Waals surface area (Å²) in [7, 11) is -4.24. The van der Waals surface area contributed by atoms with Crippen molar-refractivity contribution in [2.75, 3.05) is 15.6 Å². The number of hydrogen-bond acceptors (Lipinski definition) is 4. The van der Waals surface area contributed by atoms with Crippen molar-refractivity contribution in [3.63, 3.8) is 0 Å². The molecule has 6 nitrogen and oxygen atoms in total. The van der Waals surface area contributed by atoms with E-state index in [0.29, 0.717) is 16.9 Å². The molecule has 0 N–H and O–H groups in total. The van der Waals surface area contributed by atoms with Gasteiger partial charge in [-0.1, -0.05) is 56.3 Å². The lowest BCUT2D eigenvalue weighted by Crippen LogP contribution is -2.54. The van der Waals surface area contributed by atoms with Crippen molar-refractivity contribution in [1.29, 1.82) is 0 Å². The summed E-state index contributed by atoms with van der Waals surface area (Å²) in [4.78, 5) is 27.5. The van der Waals surface area contributed by atoms with Crippen molar-refractivity contribution in [3.8, 4) is 0 Å². The molecule has 1 saturated heterocycles. The maximum absolute atomic E-state index is 14.1. The molecule has 3 aromatic rings. The molecule has 0 unspecified atom stereocenters. The van der Waals surface area contributed by atoms with E-state index in [0.717, 1.165) is 10.5 Å².